The molecule has 0 radical (unpaired) electrons. The average Bonchev–Trinajstić information content (AvgIpc) is 2.99. The summed E-state index contributed by atoms with van der Waals surface area (Å²) in [5.41, 5.74) is 1.66. The molecule has 1 aliphatic rings. The number of nitro benzene ring substituents is 1. The number of benzene rings is 1. The first kappa shape index (κ1) is 13.5. The van der Waals surface area contributed by atoms with E-state index in [0.717, 1.165) is 9.88 Å². The van der Waals surface area contributed by atoms with E-state index in [0.29, 0.717) is 23.5 Å². The first-order valence-corrected chi connectivity index (χ1v) is 7.11. The van der Waals surface area contributed by atoms with Gasteiger partial charge in [-0.2, -0.15) is 0 Å². The Bertz CT molecular complexity index is 741. The standard InChI is InChI=1S/C13H12N4O3S/c1-7-14-5-9(21-7)6-15-11-4-10-8(3-13(18)16-10)2-12(11)17(19)20/h2,4-5,15H,3,6H2,1H3,(H,16,18). The molecule has 1 aromatic carbocycles. The van der Waals surface area contributed by atoms with Crippen LogP contribution in [-0.2, 0) is 17.8 Å². The summed E-state index contributed by atoms with van der Waals surface area (Å²) in [5.74, 6) is -0.144. The zero-order chi connectivity index (χ0) is 15.0. The van der Waals surface area contributed by atoms with Crippen molar-refractivity contribution in [3.05, 3.63) is 43.9 Å². The van der Waals surface area contributed by atoms with Crippen LogP contribution >= 0.6 is 11.3 Å². The molecule has 0 unspecified atom stereocenters. The van der Waals surface area contributed by atoms with Gasteiger partial charge in [-0.3, -0.25) is 14.9 Å². The summed E-state index contributed by atoms with van der Waals surface area (Å²) < 4.78 is 0. The van der Waals surface area contributed by atoms with Crippen LogP contribution in [0, 0.1) is 17.0 Å². The van der Waals surface area contributed by atoms with Crippen molar-refractivity contribution >= 4 is 34.3 Å². The number of hydrogen-bond donors (Lipinski definition) is 2. The first-order chi connectivity index (χ1) is 10.0. The van der Waals surface area contributed by atoms with Crippen LogP contribution in [0.4, 0.5) is 17.1 Å². The fourth-order valence-electron chi connectivity index (χ4n) is 2.22. The molecular formula is C13H12N4O3S. The number of aromatic nitrogens is 1. The van der Waals surface area contributed by atoms with Gasteiger partial charge in [-0.15, -0.1) is 11.3 Å². The maximum absolute atomic E-state index is 11.4. The molecule has 0 aliphatic carbocycles. The molecule has 8 heteroatoms. The molecule has 2 heterocycles. The van der Waals surface area contributed by atoms with Crippen LogP contribution in [0.2, 0.25) is 0 Å². The third-order valence-corrected chi connectivity index (χ3v) is 4.08. The van der Waals surface area contributed by atoms with E-state index in [9.17, 15) is 14.9 Å². The van der Waals surface area contributed by atoms with Gasteiger partial charge in [0, 0.05) is 22.8 Å². The number of thiazole rings is 1. The van der Waals surface area contributed by atoms with Crippen molar-refractivity contribution in [1.29, 1.82) is 0 Å². The van der Waals surface area contributed by atoms with Crippen LogP contribution in [-0.4, -0.2) is 15.8 Å². The smallest absolute Gasteiger partial charge is 0.292 e. The minimum atomic E-state index is -0.441. The Hall–Kier alpha value is -2.48. The monoisotopic (exact) mass is 304 g/mol. The van der Waals surface area contributed by atoms with E-state index < -0.39 is 4.92 Å². The molecule has 108 valence electrons. The highest BCUT2D eigenvalue weighted by Gasteiger charge is 2.24. The number of hydrogen-bond acceptors (Lipinski definition) is 6. The molecule has 0 atom stereocenters. The second kappa shape index (κ2) is 5.13. The van der Waals surface area contributed by atoms with Crippen LogP contribution < -0.4 is 10.6 Å². The summed E-state index contributed by atoms with van der Waals surface area (Å²) >= 11 is 1.53. The number of carbonyl (C=O) groups excluding carboxylic acids is 1. The van der Waals surface area contributed by atoms with Crippen molar-refractivity contribution in [2.75, 3.05) is 10.6 Å². The van der Waals surface area contributed by atoms with Crippen molar-refractivity contribution in [2.45, 2.75) is 19.9 Å². The molecule has 2 aromatic rings. The molecule has 1 aliphatic heterocycles. The van der Waals surface area contributed by atoms with Gasteiger partial charge >= 0.3 is 0 Å². The molecule has 0 saturated carbocycles. The minimum Gasteiger partial charge on any atom is -0.374 e. The Balaban J connectivity index is 1.88. The zero-order valence-corrected chi connectivity index (χ0v) is 12.0. The van der Waals surface area contributed by atoms with Crippen molar-refractivity contribution in [1.82, 2.24) is 4.98 Å². The summed E-state index contributed by atoms with van der Waals surface area (Å²) in [6.07, 6.45) is 1.93. The lowest BCUT2D eigenvalue weighted by atomic mass is 10.1. The van der Waals surface area contributed by atoms with E-state index in [2.05, 4.69) is 15.6 Å². The highest BCUT2D eigenvalue weighted by atomic mass is 32.1. The highest BCUT2D eigenvalue weighted by molar-refractivity contribution is 7.11. The lowest BCUT2D eigenvalue weighted by Crippen LogP contribution is -2.04. The van der Waals surface area contributed by atoms with E-state index in [1.165, 1.54) is 17.4 Å². The van der Waals surface area contributed by atoms with Gasteiger partial charge in [0.2, 0.25) is 5.91 Å². The number of nitrogens with one attached hydrogen (secondary N) is 2. The fourth-order valence-corrected chi connectivity index (χ4v) is 2.96. The second-order valence-electron chi connectivity index (χ2n) is 4.71. The van der Waals surface area contributed by atoms with Crippen LogP contribution in [0.1, 0.15) is 15.4 Å². The summed E-state index contributed by atoms with van der Waals surface area (Å²) in [5, 5.41) is 17.9. The Morgan fingerprint density at radius 3 is 3.00 bits per heavy atom. The molecule has 7 nitrogen and oxygen atoms in total. The minimum absolute atomic E-state index is 0.0218. The normalized spacial score (nSPS) is 12.9. The number of rotatable bonds is 4. The molecule has 1 amide bonds. The average molecular weight is 304 g/mol. The Morgan fingerprint density at radius 1 is 1.52 bits per heavy atom. The molecule has 3 rings (SSSR count). The van der Waals surface area contributed by atoms with Gasteiger partial charge in [-0.25, -0.2) is 4.98 Å². The van der Waals surface area contributed by atoms with Gasteiger partial charge in [0.15, 0.2) is 0 Å². The number of fused-ring (bicyclic) bond motifs is 1. The third kappa shape index (κ3) is 2.70. The van der Waals surface area contributed by atoms with Gasteiger partial charge < -0.3 is 10.6 Å². The number of amides is 1. The Morgan fingerprint density at radius 2 is 2.33 bits per heavy atom. The van der Waals surface area contributed by atoms with E-state index in [-0.39, 0.29) is 18.0 Å². The molecule has 0 spiro atoms. The predicted molar refractivity (Wildman–Crippen MR) is 79.6 cm³/mol. The third-order valence-electron chi connectivity index (χ3n) is 3.17. The summed E-state index contributed by atoms with van der Waals surface area (Å²) in [6, 6.07) is 3.07. The quantitative estimate of drug-likeness (QED) is 0.668. The van der Waals surface area contributed by atoms with E-state index >= 15 is 0 Å². The highest BCUT2D eigenvalue weighted by Crippen LogP contribution is 2.34. The Kier molecular flexibility index (Phi) is 3.30. The maximum Gasteiger partial charge on any atom is 0.292 e. The van der Waals surface area contributed by atoms with Gasteiger partial charge in [0.1, 0.15) is 5.69 Å². The van der Waals surface area contributed by atoms with E-state index in [1.54, 1.807) is 12.3 Å². The SMILES string of the molecule is Cc1ncc(CNc2cc3c(cc2[N+](=O)[O-])CC(=O)N3)s1. The van der Waals surface area contributed by atoms with Crippen molar-refractivity contribution in [3.8, 4) is 0 Å². The molecular weight excluding hydrogens is 292 g/mol. The maximum atomic E-state index is 11.4. The lowest BCUT2D eigenvalue weighted by molar-refractivity contribution is -0.384. The lowest BCUT2D eigenvalue weighted by Gasteiger charge is -2.08. The van der Waals surface area contributed by atoms with Gasteiger partial charge in [0.25, 0.3) is 5.69 Å². The van der Waals surface area contributed by atoms with Crippen molar-refractivity contribution in [2.24, 2.45) is 0 Å². The molecule has 21 heavy (non-hydrogen) atoms. The van der Waals surface area contributed by atoms with Crippen LogP contribution in [0.5, 0.6) is 0 Å². The predicted octanol–water partition coefficient (Wildman–Crippen LogP) is 2.47. The van der Waals surface area contributed by atoms with Crippen LogP contribution in [0.3, 0.4) is 0 Å². The molecule has 0 fully saturated rings. The molecule has 2 N–H and O–H groups in total. The van der Waals surface area contributed by atoms with Crippen LogP contribution in [0.15, 0.2) is 18.3 Å². The largest absolute Gasteiger partial charge is 0.374 e. The molecule has 0 saturated heterocycles. The first-order valence-electron chi connectivity index (χ1n) is 6.29. The molecule has 0 bridgehead atoms. The van der Waals surface area contributed by atoms with E-state index in [4.69, 9.17) is 0 Å². The van der Waals surface area contributed by atoms with Crippen LogP contribution in [0.25, 0.3) is 0 Å². The molecule has 1 aromatic heterocycles. The number of nitro groups is 1. The van der Waals surface area contributed by atoms with Gasteiger partial charge in [-0.05, 0) is 18.6 Å². The fraction of sp³-hybridized carbons (Fsp3) is 0.231. The number of nitrogens with zero attached hydrogens (tertiary/aromatic N) is 2. The summed E-state index contributed by atoms with van der Waals surface area (Å²) in [4.78, 5) is 27.2. The van der Waals surface area contributed by atoms with Gasteiger partial charge in [0.05, 0.1) is 22.9 Å². The number of carbonyl (C=O) groups is 1. The van der Waals surface area contributed by atoms with Gasteiger partial charge in [-0.1, -0.05) is 0 Å². The van der Waals surface area contributed by atoms with Crippen molar-refractivity contribution < 1.29 is 9.72 Å². The number of anilines is 2. The topological polar surface area (TPSA) is 97.2 Å². The summed E-state index contributed by atoms with van der Waals surface area (Å²) in [7, 11) is 0. The Labute approximate surface area is 124 Å². The number of aryl methyl sites for hydroxylation is 1. The van der Waals surface area contributed by atoms with Crippen molar-refractivity contribution in [3.63, 3.8) is 0 Å². The van der Waals surface area contributed by atoms with E-state index in [1.807, 2.05) is 6.92 Å². The second-order valence-corrected chi connectivity index (χ2v) is 6.03. The zero-order valence-electron chi connectivity index (χ0n) is 11.2. The summed E-state index contributed by atoms with van der Waals surface area (Å²) in [6.45, 7) is 2.36.